The predicted octanol–water partition coefficient (Wildman–Crippen LogP) is 4.20. The van der Waals surface area contributed by atoms with E-state index in [4.69, 9.17) is 4.42 Å². The van der Waals surface area contributed by atoms with Crippen LogP contribution in [-0.2, 0) is 13.1 Å². The number of rotatable bonds is 5. The van der Waals surface area contributed by atoms with Gasteiger partial charge in [-0.15, -0.1) is 13.2 Å². The Balaban J connectivity index is 1.51. The van der Waals surface area contributed by atoms with E-state index in [1.54, 1.807) is 18.2 Å². The molecular weight excluding hydrogens is 387 g/mol. The number of aromatic nitrogens is 2. The molecule has 4 aromatic rings. The first-order valence-corrected chi connectivity index (χ1v) is 8.72. The highest BCUT2D eigenvalue weighted by Crippen LogP contribution is 2.25. The van der Waals surface area contributed by atoms with Crippen LogP contribution in [0.2, 0.25) is 0 Å². The van der Waals surface area contributed by atoms with Gasteiger partial charge < -0.3 is 14.1 Å². The summed E-state index contributed by atoms with van der Waals surface area (Å²) in [7, 11) is 1.82. The fraction of sp³-hybridized carbons (Fsp3) is 0.200. The van der Waals surface area contributed by atoms with Gasteiger partial charge in [-0.2, -0.15) is 0 Å². The maximum absolute atomic E-state index is 12.3. The molecule has 6 nitrogen and oxygen atoms in total. The van der Waals surface area contributed by atoms with Crippen molar-refractivity contribution in [2.75, 3.05) is 7.05 Å². The fourth-order valence-corrected chi connectivity index (χ4v) is 3.14. The molecule has 0 aliphatic rings. The van der Waals surface area contributed by atoms with Gasteiger partial charge in [-0.3, -0.25) is 9.69 Å². The normalized spacial score (nSPS) is 12.2. The van der Waals surface area contributed by atoms with Crippen molar-refractivity contribution in [2.45, 2.75) is 19.5 Å². The molecule has 0 atom stereocenters. The van der Waals surface area contributed by atoms with Gasteiger partial charge in [0.05, 0.1) is 6.54 Å². The summed E-state index contributed by atoms with van der Waals surface area (Å²) in [6, 6.07) is 12.9. The number of fused-ring (bicyclic) bond motifs is 3. The number of nitrogens with one attached hydrogen (secondary N) is 1. The van der Waals surface area contributed by atoms with Gasteiger partial charge in [0.25, 0.3) is 5.56 Å². The first kappa shape index (κ1) is 19.0. The van der Waals surface area contributed by atoms with Crippen molar-refractivity contribution < 1.29 is 22.3 Å². The molecule has 0 bridgehead atoms. The third kappa shape index (κ3) is 4.24. The van der Waals surface area contributed by atoms with E-state index >= 15 is 0 Å². The monoisotopic (exact) mass is 403 g/mol. The average Bonchev–Trinajstić information content (AvgIpc) is 3.02. The molecule has 2 heterocycles. The van der Waals surface area contributed by atoms with E-state index in [0.29, 0.717) is 30.0 Å². The van der Waals surface area contributed by atoms with Gasteiger partial charge in [-0.1, -0.05) is 24.3 Å². The van der Waals surface area contributed by atoms with Gasteiger partial charge in [0, 0.05) is 11.9 Å². The van der Waals surface area contributed by atoms with Crippen molar-refractivity contribution in [3.63, 3.8) is 0 Å². The summed E-state index contributed by atoms with van der Waals surface area (Å²) in [6.45, 7) is 0.783. The maximum atomic E-state index is 12.3. The van der Waals surface area contributed by atoms with E-state index < -0.39 is 6.36 Å². The highest BCUT2D eigenvalue weighted by atomic mass is 19.4. The molecule has 1 N–H and O–H groups in total. The molecule has 9 heteroatoms. The third-order valence-electron chi connectivity index (χ3n) is 4.31. The van der Waals surface area contributed by atoms with Gasteiger partial charge in [0.1, 0.15) is 22.7 Å². The Bertz CT molecular complexity index is 1210. The van der Waals surface area contributed by atoms with E-state index in [-0.39, 0.29) is 16.9 Å². The molecule has 0 fully saturated rings. The van der Waals surface area contributed by atoms with Gasteiger partial charge in [-0.05, 0) is 36.9 Å². The first-order chi connectivity index (χ1) is 13.8. The molecule has 0 saturated heterocycles. The van der Waals surface area contributed by atoms with E-state index in [9.17, 15) is 18.0 Å². The Kier molecular flexibility index (Phi) is 4.75. The standard InChI is InChI=1S/C20H16F3N3O3/c1-26(10-12-6-8-13(9-7-12)29-20(21,22)23)11-16-24-17-14-4-2-3-5-15(14)28-18(17)19(27)25-16/h2-9H,10-11H2,1H3,(H,24,25,27). The second-order valence-corrected chi connectivity index (χ2v) is 6.65. The molecule has 2 aromatic heterocycles. The second-order valence-electron chi connectivity index (χ2n) is 6.65. The molecule has 0 spiro atoms. The number of halogens is 3. The van der Waals surface area contributed by atoms with Crippen LogP contribution in [0.1, 0.15) is 11.4 Å². The summed E-state index contributed by atoms with van der Waals surface area (Å²) < 4.78 is 46.2. The predicted molar refractivity (Wildman–Crippen MR) is 100 cm³/mol. The number of ether oxygens (including phenoxy) is 1. The minimum Gasteiger partial charge on any atom is -0.449 e. The number of alkyl halides is 3. The summed E-state index contributed by atoms with van der Waals surface area (Å²) in [5.74, 6) is 0.195. The molecule has 4 rings (SSSR count). The molecule has 0 aliphatic heterocycles. The van der Waals surface area contributed by atoms with Crippen LogP contribution in [0.4, 0.5) is 13.2 Å². The summed E-state index contributed by atoms with van der Waals surface area (Å²) in [5.41, 5.74) is 1.70. The van der Waals surface area contributed by atoms with Gasteiger partial charge >= 0.3 is 6.36 Å². The molecule has 2 aromatic carbocycles. The largest absolute Gasteiger partial charge is 0.573 e. The Hall–Kier alpha value is -3.33. The summed E-state index contributed by atoms with van der Waals surface area (Å²) in [6.07, 6.45) is -4.72. The molecule has 0 radical (unpaired) electrons. The van der Waals surface area contributed by atoms with E-state index in [0.717, 1.165) is 10.9 Å². The van der Waals surface area contributed by atoms with Crippen LogP contribution < -0.4 is 10.3 Å². The summed E-state index contributed by atoms with van der Waals surface area (Å²) >= 11 is 0. The minimum atomic E-state index is -4.72. The SMILES string of the molecule is CN(Cc1ccc(OC(F)(F)F)cc1)Cc1nc2c(oc3ccccc32)c(=O)[nH]1. The number of hydrogen-bond acceptors (Lipinski definition) is 5. The third-order valence-corrected chi connectivity index (χ3v) is 4.31. The molecule has 0 unspecified atom stereocenters. The van der Waals surface area contributed by atoms with Crippen molar-refractivity contribution in [1.29, 1.82) is 0 Å². The Morgan fingerprint density at radius 3 is 2.55 bits per heavy atom. The van der Waals surface area contributed by atoms with Crippen molar-refractivity contribution >= 4 is 22.1 Å². The quantitative estimate of drug-likeness (QED) is 0.541. The second kappa shape index (κ2) is 7.25. The van der Waals surface area contributed by atoms with Crippen LogP contribution in [0.25, 0.3) is 22.1 Å². The van der Waals surface area contributed by atoms with Crippen molar-refractivity contribution in [3.8, 4) is 5.75 Å². The lowest BCUT2D eigenvalue weighted by Crippen LogP contribution is -2.21. The average molecular weight is 403 g/mol. The number of nitrogens with zero attached hydrogens (tertiary/aromatic N) is 2. The topological polar surface area (TPSA) is 71.4 Å². The molecular formula is C20H16F3N3O3. The van der Waals surface area contributed by atoms with E-state index in [2.05, 4.69) is 14.7 Å². The lowest BCUT2D eigenvalue weighted by atomic mass is 10.2. The zero-order valence-electron chi connectivity index (χ0n) is 15.3. The van der Waals surface area contributed by atoms with Crippen LogP contribution in [-0.4, -0.2) is 28.3 Å². The summed E-state index contributed by atoms with van der Waals surface area (Å²) in [5, 5.41) is 0.762. The van der Waals surface area contributed by atoms with Crippen LogP contribution in [0.15, 0.2) is 57.7 Å². The van der Waals surface area contributed by atoms with Gasteiger partial charge in [-0.25, -0.2) is 4.98 Å². The lowest BCUT2D eigenvalue weighted by molar-refractivity contribution is -0.274. The number of para-hydroxylation sites is 1. The van der Waals surface area contributed by atoms with Crippen molar-refractivity contribution in [3.05, 3.63) is 70.3 Å². The molecule has 0 aliphatic carbocycles. The van der Waals surface area contributed by atoms with Crippen LogP contribution in [0.3, 0.4) is 0 Å². The number of H-pyrrole nitrogens is 1. The number of furan rings is 1. The molecule has 0 amide bonds. The summed E-state index contributed by atoms with van der Waals surface area (Å²) in [4.78, 5) is 21.5. The van der Waals surface area contributed by atoms with Gasteiger partial charge in [0.2, 0.25) is 5.58 Å². The Morgan fingerprint density at radius 1 is 1.10 bits per heavy atom. The zero-order valence-corrected chi connectivity index (χ0v) is 15.3. The Morgan fingerprint density at radius 2 is 1.83 bits per heavy atom. The highest BCUT2D eigenvalue weighted by molar-refractivity contribution is 6.01. The lowest BCUT2D eigenvalue weighted by Gasteiger charge is -2.16. The van der Waals surface area contributed by atoms with Crippen LogP contribution >= 0.6 is 0 Å². The first-order valence-electron chi connectivity index (χ1n) is 8.72. The molecule has 150 valence electrons. The Labute approximate surface area is 162 Å². The minimum absolute atomic E-state index is 0.179. The van der Waals surface area contributed by atoms with Crippen molar-refractivity contribution in [1.82, 2.24) is 14.9 Å². The van der Waals surface area contributed by atoms with Crippen LogP contribution in [0, 0.1) is 0 Å². The molecule has 29 heavy (non-hydrogen) atoms. The number of aromatic amines is 1. The number of hydrogen-bond donors (Lipinski definition) is 1. The van der Waals surface area contributed by atoms with Gasteiger partial charge in [0.15, 0.2) is 0 Å². The highest BCUT2D eigenvalue weighted by Gasteiger charge is 2.30. The zero-order chi connectivity index (χ0) is 20.6. The number of benzene rings is 2. The van der Waals surface area contributed by atoms with Crippen LogP contribution in [0.5, 0.6) is 5.75 Å². The molecule has 0 saturated carbocycles. The van der Waals surface area contributed by atoms with Crippen molar-refractivity contribution in [2.24, 2.45) is 0 Å². The fourth-order valence-electron chi connectivity index (χ4n) is 3.14. The van der Waals surface area contributed by atoms with E-state index in [1.807, 2.05) is 30.1 Å². The smallest absolute Gasteiger partial charge is 0.449 e. The maximum Gasteiger partial charge on any atom is 0.573 e. The van der Waals surface area contributed by atoms with E-state index in [1.165, 1.54) is 12.1 Å².